The Hall–Kier alpha value is -2.18. The molecule has 0 aliphatic heterocycles. The van der Waals surface area contributed by atoms with Gasteiger partial charge >= 0.3 is 0 Å². The summed E-state index contributed by atoms with van der Waals surface area (Å²) < 4.78 is 26.5. The average molecular weight is 346 g/mol. The fourth-order valence-electron chi connectivity index (χ4n) is 2.26. The third-order valence-corrected chi connectivity index (χ3v) is 4.65. The number of anilines is 1. The molecule has 0 unspecified atom stereocenters. The highest BCUT2D eigenvalue weighted by molar-refractivity contribution is 7.92. The number of ketones is 1. The van der Waals surface area contributed by atoms with Crippen LogP contribution in [0, 0.1) is 0 Å². The van der Waals surface area contributed by atoms with E-state index in [2.05, 4.69) is 22.2 Å². The first kappa shape index (κ1) is 18.2. The predicted molar refractivity (Wildman–Crippen MR) is 96.6 cm³/mol. The molecule has 0 radical (unpaired) electrons. The van der Waals surface area contributed by atoms with Crippen LogP contribution < -0.4 is 10.0 Å². The molecule has 0 spiro atoms. The van der Waals surface area contributed by atoms with Crippen LogP contribution in [0.25, 0.3) is 0 Å². The van der Waals surface area contributed by atoms with Crippen LogP contribution in [0.15, 0.2) is 54.6 Å². The maximum absolute atomic E-state index is 12.0. The minimum atomic E-state index is -3.46. The second-order valence-electron chi connectivity index (χ2n) is 5.58. The van der Waals surface area contributed by atoms with E-state index in [-0.39, 0.29) is 11.7 Å². The minimum Gasteiger partial charge on any atom is -0.302 e. The van der Waals surface area contributed by atoms with Crippen molar-refractivity contribution in [2.75, 3.05) is 17.1 Å². The molecular formula is C18H22N2O3S. The van der Waals surface area contributed by atoms with E-state index < -0.39 is 10.0 Å². The second-order valence-corrected chi connectivity index (χ2v) is 7.31. The van der Waals surface area contributed by atoms with Gasteiger partial charge in [0, 0.05) is 11.3 Å². The van der Waals surface area contributed by atoms with E-state index >= 15 is 0 Å². The summed E-state index contributed by atoms with van der Waals surface area (Å²) in [4.78, 5) is 11.2. The van der Waals surface area contributed by atoms with E-state index in [0.29, 0.717) is 17.8 Å². The van der Waals surface area contributed by atoms with Crippen molar-refractivity contribution < 1.29 is 13.2 Å². The van der Waals surface area contributed by atoms with Crippen molar-refractivity contribution >= 4 is 21.5 Å². The first-order chi connectivity index (χ1) is 11.5. The Morgan fingerprint density at radius 2 is 1.67 bits per heavy atom. The lowest BCUT2D eigenvalue weighted by Crippen LogP contribution is -2.29. The molecular weight excluding hydrogens is 324 g/mol. The molecule has 0 bridgehead atoms. The van der Waals surface area contributed by atoms with Crippen molar-refractivity contribution in [2.45, 2.75) is 19.8 Å². The van der Waals surface area contributed by atoms with Gasteiger partial charge in [0.05, 0.1) is 0 Å². The van der Waals surface area contributed by atoms with Crippen LogP contribution in [0.2, 0.25) is 0 Å². The van der Waals surface area contributed by atoms with Crippen LogP contribution >= 0.6 is 0 Å². The number of carbonyl (C=O) groups is 1. The molecule has 0 aliphatic rings. The molecule has 2 aromatic rings. The number of hydrogen-bond acceptors (Lipinski definition) is 4. The Kier molecular flexibility index (Phi) is 6.52. The quantitative estimate of drug-likeness (QED) is 0.541. The van der Waals surface area contributed by atoms with Gasteiger partial charge < -0.3 is 5.32 Å². The van der Waals surface area contributed by atoms with Gasteiger partial charge in [-0.05, 0) is 56.1 Å². The van der Waals surface area contributed by atoms with Gasteiger partial charge in [-0.1, -0.05) is 30.3 Å². The number of aryl methyl sites for hydroxylation is 1. The average Bonchev–Trinajstić information content (AvgIpc) is 2.55. The molecule has 128 valence electrons. The van der Waals surface area contributed by atoms with Crippen molar-refractivity contribution in [3.63, 3.8) is 0 Å². The molecule has 24 heavy (non-hydrogen) atoms. The van der Waals surface area contributed by atoms with Crippen molar-refractivity contribution in [3.05, 3.63) is 65.7 Å². The Labute approximate surface area is 143 Å². The molecule has 2 rings (SSSR count). The highest BCUT2D eigenvalue weighted by Crippen LogP contribution is 2.11. The van der Waals surface area contributed by atoms with E-state index in [9.17, 15) is 13.2 Å². The Bertz CT molecular complexity index is 757. The molecule has 6 heteroatoms. The lowest BCUT2D eigenvalue weighted by atomic mass is 10.1. The molecule has 2 N–H and O–H groups in total. The van der Waals surface area contributed by atoms with Gasteiger partial charge in [0.2, 0.25) is 10.0 Å². The van der Waals surface area contributed by atoms with Crippen LogP contribution in [-0.2, 0) is 16.4 Å². The third kappa shape index (κ3) is 6.14. The van der Waals surface area contributed by atoms with Crippen molar-refractivity contribution in [1.29, 1.82) is 0 Å². The molecule has 0 amide bonds. The molecule has 2 aromatic carbocycles. The Morgan fingerprint density at radius 3 is 2.29 bits per heavy atom. The molecule has 0 aromatic heterocycles. The summed E-state index contributed by atoms with van der Waals surface area (Å²) in [6.07, 6.45) is 1.78. The molecule has 0 atom stereocenters. The van der Waals surface area contributed by atoms with Gasteiger partial charge in [-0.3, -0.25) is 9.52 Å². The van der Waals surface area contributed by atoms with Crippen molar-refractivity contribution in [3.8, 4) is 0 Å². The highest BCUT2D eigenvalue weighted by Gasteiger charge is 2.10. The van der Waals surface area contributed by atoms with Crippen LogP contribution in [0.5, 0.6) is 0 Å². The zero-order valence-corrected chi connectivity index (χ0v) is 14.5. The van der Waals surface area contributed by atoms with Crippen LogP contribution in [0.4, 0.5) is 5.69 Å². The summed E-state index contributed by atoms with van der Waals surface area (Å²) in [5.74, 6) is -0.194. The van der Waals surface area contributed by atoms with Gasteiger partial charge in [0.15, 0.2) is 5.78 Å². The summed E-state index contributed by atoms with van der Waals surface area (Å²) >= 11 is 0. The van der Waals surface area contributed by atoms with E-state index in [4.69, 9.17) is 0 Å². The summed E-state index contributed by atoms with van der Waals surface area (Å²) in [7, 11) is -3.46. The van der Waals surface area contributed by atoms with Gasteiger partial charge in [-0.2, -0.15) is 0 Å². The fraction of sp³-hybridized carbons (Fsp3) is 0.278. The molecule has 0 saturated heterocycles. The Balaban J connectivity index is 1.74. The SMILES string of the molecule is CC(=O)c1ccc(NS(=O)(=O)CNCCCc2ccccc2)cc1. The summed E-state index contributed by atoms with van der Waals surface area (Å²) in [6.45, 7) is 2.09. The largest absolute Gasteiger partial charge is 0.302 e. The predicted octanol–water partition coefficient (Wildman–Crippen LogP) is 2.81. The fourth-order valence-corrected chi connectivity index (χ4v) is 3.24. The van der Waals surface area contributed by atoms with E-state index in [1.807, 2.05) is 18.2 Å². The maximum atomic E-state index is 12.0. The monoisotopic (exact) mass is 346 g/mol. The molecule has 0 heterocycles. The van der Waals surface area contributed by atoms with Gasteiger partial charge in [-0.15, -0.1) is 0 Å². The first-order valence-corrected chi connectivity index (χ1v) is 9.48. The van der Waals surface area contributed by atoms with Crippen LogP contribution in [-0.4, -0.2) is 26.6 Å². The van der Waals surface area contributed by atoms with Gasteiger partial charge in [0.1, 0.15) is 5.88 Å². The van der Waals surface area contributed by atoms with Gasteiger partial charge in [0.25, 0.3) is 0 Å². The van der Waals surface area contributed by atoms with Crippen molar-refractivity contribution in [2.24, 2.45) is 0 Å². The lowest BCUT2D eigenvalue weighted by molar-refractivity contribution is 0.101. The summed E-state index contributed by atoms with van der Waals surface area (Å²) in [5.41, 5.74) is 2.24. The van der Waals surface area contributed by atoms with Gasteiger partial charge in [-0.25, -0.2) is 8.42 Å². The number of benzene rings is 2. The zero-order valence-electron chi connectivity index (χ0n) is 13.7. The normalized spacial score (nSPS) is 11.2. The highest BCUT2D eigenvalue weighted by atomic mass is 32.2. The smallest absolute Gasteiger partial charge is 0.245 e. The van der Waals surface area contributed by atoms with Crippen LogP contribution in [0.3, 0.4) is 0 Å². The Morgan fingerprint density at radius 1 is 1.00 bits per heavy atom. The van der Waals surface area contributed by atoms with E-state index in [1.165, 1.54) is 12.5 Å². The topological polar surface area (TPSA) is 75.3 Å². The number of hydrogen-bond donors (Lipinski definition) is 2. The van der Waals surface area contributed by atoms with Crippen LogP contribution in [0.1, 0.15) is 29.3 Å². The lowest BCUT2D eigenvalue weighted by Gasteiger charge is -2.09. The number of rotatable bonds is 9. The number of carbonyl (C=O) groups excluding carboxylic acids is 1. The summed E-state index contributed by atoms with van der Waals surface area (Å²) in [6, 6.07) is 16.5. The number of Topliss-reactive ketones (excluding diaryl/α,β-unsaturated/α-hetero) is 1. The number of sulfonamides is 1. The van der Waals surface area contributed by atoms with Crippen molar-refractivity contribution in [1.82, 2.24) is 5.32 Å². The first-order valence-electron chi connectivity index (χ1n) is 7.82. The second kappa shape index (κ2) is 8.61. The number of nitrogens with one attached hydrogen (secondary N) is 2. The minimum absolute atomic E-state index is 0.0514. The molecule has 0 fully saturated rings. The van der Waals surface area contributed by atoms with E-state index in [1.54, 1.807) is 24.3 Å². The summed E-state index contributed by atoms with van der Waals surface area (Å²) in [5, 5.41) is 2.94. The van der Waals surface area contributed by atoms with E-state index in [0.717, 1.165) is 12.8 Å². The maximum Gasteiger partial charge on any atom is 0.245 e. The third-order valence-electron chi connectivity index (χ3n) is 3.52. The molecule has 0 saturated carbocycles. The standard InChI is InChI=1S/C18H22N2O3S/c1-15(21)17-9-11-18(12-10-17)20-24(22,23)14-19-13-5-8-16-6-3-2-4-7-16/h2-4,6-7,9-12,19-20H,5,8,13-14H2,1H3. The zero-order chi connectivity index (χ0) is 17.4. The molecule has 5 nitrogen and oxygen atoms in total. The molecule has 0 aliphatic carbocycles.